The molecule has 0 saturated heterocycles. The summed E-state index contributed by atoms with van der Waals surface area (Å²) in [6.45, 7) is 16.1. The fourth-order valence-corrected chi connectivity index (χ4v) is 3.14. The second kappa shape index (κ2) is 5.10. The highest BCUT2D eigenvalue weighted by Crippen LogP contribution is 2.17. The molecule has 0 N–H and O–H groups in total. The van der Waals surface area contributed by atoms with Gasteiger partial charge in [0.15, 0.2) is 0 Å². The molecule has 2 nitrogen and oxygen atoms in total. The topological polar surface area (TPSA) is 18.5 Å². The Labute approximate surface area is 90.2 Å². The lowest BCUT2D eigenvalue weighted by atomic mass is 10.2. The molecule has 0 unspecified atom stereocenters. The van der Waals surface area contributed by atoms with Gasteiger partial charge in [-0.05, 0) is 41.5 Å². The Balaban J connectivity index is 4.23. The molecular weight excluding hydrogens is 192 g/mol. The standard InChI is InChI=1S/C11H24O2Si/c1-8-9-14(12-10(2,3)4)13-11(5,6)7/h8,14H,1,9H2,2-7H3. The smallest absolute Gasteiger partial charge is 0.326 e. The van der Waals surface area contributed by atoms with E-state index in [0.29, 0.717) is 0 Å². The molecule has 0 radical (unpaired) electrons. The molecule has 0 aliphatic carbocycles. The molecule has 0 rings (SSSR count). The van der Waals surface area contributed by atoms with Gasteiger partial charge in [0.2, 0.25) is 0 Å². The average molecular weight is 216 g/mol. The molecule has 0 aromatic carbocycles. The van der Waals surface area contributed by atoms with Gasteiger partial charge < -0.3 is 8.85 Å². The molecule has 3 heteroatoms. The highest BCUT2D eigenvalue weighted by atomic mass is 28.3. The normalized spacial score (nSPS) is 13.4. The van der Waals surface area contributed by atoms with E-state index in [2.05, 4.69) is 48.1 Å². The van der Waals surface area contributed by atoms with Crippen molar-refractivity contribution in [3.05, 3.63) is 12.7 Å². The molecule has 0 spiro atoms. The summed E-state index contributed by atoms with van der Waals surface area (Å²) < 4.78 is 11.8. The zero-order chi connectivity index (χ0) is 11.4. The van der Waals surface area contributed by atoms with Crippen LogP contribution in [0.2, 0.25) is 6.04 Å². The molecule has 14 heavy (non-hydrogen) atoms. The van der Waals surface area contributed by atoms with Crippen molar-refractivity contribution in [2.24, 2.45) is 0 Å². The van der Waals surface area contributed by atoms with Crippen LogP contribution >= 0.6 is 0 Å². The summed E-state index contributed by atoms with van der Waals surface area (Å²) in [7, 11) is -1.60. The molecule has 0 bridgehead atoms. The van der Waals surface area contributed by atoms with E-state index in [1.807, 2.05) is 6.08 Å². The Morgan fingerprint density at radius 3 is 1.57 bits per heavy atom. The Hall–Kier alpha value is -0.123. The third-order valence-electron chi connectivity index (χ3n) is 1.33. The van der Waals surface area contributed by atoms with Crippen molar-refractivity contribution in [2.75, 3.05) is 0 Å². The first-order chi connectivity index (χ1) is 6.14. The van der Waals surface area contributed by atoms with E-state index in [9.17, 15) is 0 Å². The highest BCUT2D eigenvalue weighted by Gasteiger charge is 2.25. The molecule has 0 fully saturated rings. The molecule has 0 aliphatic heterocycles. The van der Waals surface area contributed by atoms with Crippen LogP contribution in [-0.4, -0.2) is 20.5 Å². The van der Waals surface area contributed by atoms with E-state index in [1.165, 1.54) is 0 Å². The van der Waals surface area contributed by atoms with Crippen LogP contribution < -0.4 is 0 Å². The maximum atomic E-state index is 5.90. The van der Waals surface area contributed by atoms with E-state index in [1.54, 1.807) is 0 Å². The first-order valence-corrected chi connectivity index (χ1v) is 6.86. The van der Waals surface area contributed by atoms with E-state index >= 15 is 0 Å². The largest absolute Gasteiger partial charge is 0.391 e. The number of hydrogen-bond donors (Lipinski definition) is 0. The fraction of sp³-hybridized carbons (Fsp3) is 0.818. The monoisotopic (exact) mass is 216 g/mol. The molecule has 0 aromatic heterocycles. The average Bonchev–Trinajstić information content (AvgIpc) is 1.78. The quantitative estimate of drug-likeness (QED) is 0.531. The van der Waals surface area contributed by atoms with Gasteiger partial charge in [0.05, 0.1) is 0 Å². The van der Waals surface area contributed by atoms with E-state index < -0.39 is 9.28 Å². The van der Waals surface area contributed by atoms with Crippen LogP contribution in [0.3, 0.4) is 0 Å². The van der Waals surface area contributed by atoms with Crippen LogP contribution in [0, 0.1) is 0 Å². The van der Waals surface area contributed by atoms with Gasteiger partial charge in [0, 0.05) is 17.2 Å². The summed E-state index contributed by atoms with van der Waals surface area (Å²) in [5.41, 5.74) is -0.240. The minimum atomic E-state index is -1.60. The van der Waals surface area contributed by atoms with E-state index in [-0.39, 0.29) is 11.2 Å². The molecular formula is C11H24O2Si. The van der Waals surface area contributed by atoms with Crippen LogP contribution in [0.5, 0.6) is 0 Å². The van der Waals surface area contributed by atoms with Crippen molar-refractivity contribution in [3.63, 3.8) is 0 Å². The van der Waals surface area contributed by atoms with Gasteiger partial charge in [-0.3, -0.25) is 0 Å². The fourth-order valence-electron chi connectivity index (χ4n) is 1.05. The molecule has 0 saturated carbocycles. The number of rotatable bonds is 4. The van der Waals surface area contributed by atoms with Crippen molar-refractivity contribution < 1.29 is 8.85 Å². The minimum absolute atomic E-state index is 0.120. The molecule has 0 amide bonds. The summed E-state index contributed by atoms with van der Waals surface area (Å²) in [5.74, 6) is 0. The second-order valence-corrected chi connectivity index (χ2v) is 7.22. The highest BCUT2D eigenvalue weighted by molar-refractivity contribution is 6.45. The molecule has 0 heterocycles. The Morgan fingerprint density at radius 2 is 1.36 bits per heavy atom. The predicted octanol–water partition coefficient (Wildman–Crippen LogP) is 3.02. The maximum Gasteiger partial charge on any atom is 0.326 e. The van der Waals surface area contributed by atoms with Crippen LogP contribution in [0.25, 0.3) is 0 Å². The molecule has 0 aromatic rings. The van der Waals surface area contributed by atoms with E-state index in [4.69, 9.17) is 8.85 Å². The molecule has 84 valence electrons. The SMILES string of the molecule is C=CC[SiH](OC(C)(C)C)OC(C)(C)C. The summed E-state index contributed by atoms with van der Waals surface area (Å²) in [4.78, 5) is 0. The Kier molecular flexibility index (Phi) is 5.05. The van der Waals surface area contributed by atoms with Gasteiger partial charge in [0.25, 0.3) is 0 Å². The van der Waals surface area contributed by atoms with Crippen LogP contribution in [0.15, 0.2) is 12.7 Å². The second-order valence-electron chi connectivity index (χ2n) is 5.41. The number of hydrogen-bond acceptors (Lipinski definition) is 2. The Morgan fingerprint density at radius 1 is 1.00 bits per heavy atom. The van der Waals surface area contributed by atoms with Gasteiger partial charge in [0.1, 0.15) is 0 Å². The summed E-state index contributed by atoms with van der Waals surface area (Å²) in [5, 5.41) is 0. The first-order valence-electron chi connectivity index (χ1n) is 5.10. The van der Waals surface area contributed by atoms with Gasteiger partial charge in [-0.15, -0.1) is 6.58 Å². The van der Waals surface area contributed by atoms with Crippen molar-refractivity contribution in [1.29, 1.82) is 0 Å². The minimum Gasteiger partial charge on any atom is -0.391 e. The predicted molar refractivity (Wildman–Crippen MR) is 63.8 cm³/mol. The van der Waals surface area contributed by atoms with Crippen LogP contribution in [0.4, 0.5) is 0 Å². The molecule has 0 atom stereocenters. The lowest BCUT2D eigenvalue weighted by Crippen LogP contribution is -2.38. The third-order valence-corrected chi connectivity index (χ3v) is 3.99. The van der Waals surface area contributed by atoms with Crippen molar-refractivity contribution >= 4 is 9.28 Å². The van der Waals surface area contributed by atoms with Crippen molar-refractivity contribution in [3.8, 4) is 0 Å². The summed E-state index contributed by atoms with van der Waals surface area (Å²) >= 11 is 0. The zero-order valence-electron chi connectivity index (χ0n) is 10.4. The summed E-state index contributed by atoms with van der Waals surface area (Å²) in [6.07, 6.45) is 1.88. The van der Waals surface area contributed by atoms with Gasteiger partial charge >= 0.3 is 9.28 Å². The van der Waals surface area contributed by atoms with Gasteiger partial charge in [-0.2, -0.15) is 0 Å². The van der Waals surface area contributed by atoms with Crippen molar-refractivity contribution in [2.45, 2.75) is 58.8 Å². The molecule has 0 aliphatic rings. The van der Waals surface area contributed by atoms with Crippen molar-refractivity contribution in [1.82, 2.24) is 0 Å². The third kappa shape index (κ3) is 8.47. The van der Waals surface area contributed by atoms with Gasteiger partial charge in [-0.25, -0.2) is 0 Å². The summed E-state index contributed by atoms with van der Waals surface area (Å²) in [6, 6.07) is 0.856. The first kappa shape index (κ1) is 13.9. The van der Waals surface area contributed by atoms with E-state index in [0.717, 1.165) is 6.04 Å². The van der Waals surface area contributed by atoms with Crippen LogP contribution in [-0.2, 0) is 8.85 Å². The van der Waals surface area contributed by atoms with Crippen LogP contribution in [0.1, 0.15) is 41.5 Å². The maximum absolute atomic E-state index is 5.90. The lowest BCUT2D eigenvalue weighted by Gasteiger charge is -2.31. The lowest BCUT2D eigenvalue weighted by molar-refractivity contribution is 0.0352. The number of allylic oxidation sites excluding steroid dienone is 1. The Bertz CT molecular complexity index is 161. The van der Waals surface area contributed by atoms with Gasteiger partial charge in [-0.1, -0.05) is 6.08 Å². The zero-order valence-corrected chi connectivity index (χ0v) is 11.5.